The van der Waals surface area contributed by atoms with Crippen LogP contribution in [0.3, 0.4) is 0 Å². The first-order valence-corrected chi connectivity index (χ1v) is 9.97. The molecule has 4 saturated carbocycles. The third-order valence-corrected chi connectivity index (χ3v) is 6.29. The quantitative estimate of drug-likeness (QED) is 0.730. The van der Waals surface area contributed by atoms with Gasteiger partial charge in [-0.2, -0.15) is 0 Å². The lowest BCUT2D eigenvalue weighted by molar-refractivity contribution is -0.101. The minimum atomic E-state index is -0.348. The molecule has 0 unspecified atom stereocenters. The molecule has 1 aromatic rings. The molecule has 0 atom stereocenters. The zero-order valence-corrected chi connectivity index (χ0v) is 15.6. The number of hydrogen-bond acceptors (Lipinski definition) is 4. The Labute approximate surface area is 155 Å². The second-order valence-electron chi connectivity index (χ2n) is 8.87. The van der Waals surface area contributed by atoms with Crippen molar-refractivity contribution >= 4 is 11.9 Å². The highest BCUT2D eigenvalue weighted by atomic mass is 16.5. The summed E-state index contributed by atoms with van der Waals surface area (Å²) in [6, 6.07) is 6.64. The molecule has 4 nitrogen and oxygen atoms in total. The van der Waals surface area contributed by atoms with E-state index in [9.17, 15) is 9.59 Å². The molecule has 0 aromatic heterocycles. The number of hydrogen-bond donors (Lipinski definition) is 0. The second-order valence-corrected chi connectivity index (χ2v) is 8.87. The number of ether oxygens (including phenoxy) is 2. The van der Waals surface area contributed by atoms with Crippen LogP contribution >= 0.6 is 0 Å². The summed E-state index contributed by atoms with van der Waals surface area (Å²) in [5, 5.41) is 0. The predicted octanol–water partition coefficient (Wildman–Crippen LogP) is 4.48. The van der Waals surface area contributed by atoms with Gasteiger partial charge in [0.1, 0.15) is 6.10 Å². The van der Waals surface area contributed by atoms with Crippen LogP contribution in [0, 0.1) is 29.6 Å². The van der Waals surface area contributed by atoms with Gasteiger partial charge >= 0.3 is 11.9 Å². The number of carbonyl (C=O) groups is 2. The van der Waals surface area contributed by atoms with Gasteiger partial charge in [-0.3, -0.25) is 0 Å². The van der Waals surface area contributed by atoms with E-state index in [4.69, 9.17) is 9.47 Å². The lowest BCUT2D eigenvalue weighted by Gasteiger charge is -2.53. The molecule has 5 rings (SSSR count). The van der Waals surface area contributed by atoms with Crippen molar-refractivity contribution in [1.82, 2.24) is 0 Å². The van der Waals surface area contributed by atoms with Crippen LogP contribution in [0.15, 0.2) is 24.3 Å². The van der Waals surface area contributed by atoms with E-state index in [0.29, 0.717) is 35.5 Å². The molecule has 1 aromatic carbocycles. The van der Waals surface area contributed by atoms with E-state index in [-0.39, 0.29) is 18.0 Å². The van der Waals surface area contributed by atoms with Crippen molar-refractivity contribution in [3.8, 4) is 0 Å². The lowest BCUT2D eigenvalue weighted by atomic mass is 9.55. The molecule has 0 heterocycles. The molecule has 140 valence electrons. The number of rotatable bonds is 5. The summed E-state index contributed by atoms with van der Waals surface area (Å²) in [4.78, 5) is 24.6. The Balaban J connectivity index is 1.37. The van der Waals surface area contributed by atoms with Gasteiger partial charge in [0.2, 0.25) is 0 Å². The van der Waals surface area contributed by atoms with Crippen LogP contribution in [0.4, 0.5) is 0 Å². The summed E-state index contributed by atoms with van der Waals surface area (Å²) in [6.45, 7) is 4.39. The van der Waals surface area contributed by atoms with Crippen LogP contribution in [-0.4, -0.2) is 24.6 Å². The first-order valence-electron chi connectivity index (χ1n) is 9.97. The zero-order valence-electron chi connectivity index (χ0n) is 15.6. The summed E-state index contributed by atoms with van der Waals surface area (Å²) >= 11 is 0. The Bertz CT molecular complexity index is 648. The molecule has 0 spiro atoms. The van der Waals surface area contributed by atoms with E-state index in [1.54, 1.807) is 24.3 Å². The van der Waals surface area contributed by atoms with E-state index in [1.807, 2.05) is 13.8 Å². The Morgan fingerprint density at radius 2 is 1.38 bits per heavy atom. The van der Waals surface area contributed by atoms with E-state index >= 15 is 0 Å². The van der Waals surface area contributed by atoms with Crippen molar-refractivity contribution in [1.29, 1.82) is 0 Å². The fourth-order valence-corrected chi connectivity index (χ4v) is 5.33. The molecular weight excluding hydrogens is 328 g/mol. The van der Waals surface area contributed by atoms with Crippen LogP contribution in [0.1, 0.15) is 66.7 Å². The number of carbonyl (C=O) groups excluding carboxylic acids is 2. The Morgan fingerprint density at radius 1 is 0.885 bits per heavy atom. The topological polar surface area (TPSA) is 52.6 Å². The highest BCUT2D eigenvalue weighted by Gasteiger charge is 2.49. The highest BCUT2D eigenvalue weighted by Crippen LogP contribution is 2.54. The molecule has 4 fully saturated rings. The summed E-state index contributed by atoms with van der Waals surface area (Å²) in [5.74, 6) is 2.53. The van der Waals surface area contributed by atoms with Crippen molar-refractivity contribution in [2.24, 2.45) is 29.6 Å². The summed E-state index contributed by atoms with van der Waals surface area (Å²) in [6.07, 6.45) is 6.39. The van der Waals surface area contributed by atoms with Gasteiger partial charge < -0.3 is 9.47 Å². The van der Waals surface area contributed by atoms with Crippen molar-refractivity contribution in [3.63, 3.8) is 0 Å². The molecule has 4 aliphatic carbocycles. The maximum atomic E-state index is 12.6. The van der Waals surface area contributed by atoms with Crippen molar-refractivity contribution in [2.75, 3.05) is 6.61 Å². The monoisotopic (exact) mass is 356 g/mol. The summed E-state index contributed by atoms with van der Waals surface area (Å²) in [7, 11) is 0. The first kappa shape index (κ1) is 17.6. The lowest BCUT2D eigenvalue weighted by Crippen LogP contribution is -2.50. The van der Waals surface area contributed by atoms with E-state index in [1.165, 1.54) is 32.1 Å². The summed E-state index contributed by atoms with van der Waals surface area (Å²) in [5.41, 5.74) is 0.982. The van der Waals surface area contributed by atoms with E-state index in [0.717, 1.165) is 11.8 Å². The van der Waals surface area contributed by atoms with Crippen LogP contribution in [0.25, 0.3) is 0 Å². The third kappa shape index (κ3) is 3.51. The van der Waals surface area contributed by atoms with Crippen LogP contribution in [0.2, 0.25) is 0 Å². The van der Waals surface area contributed by atoms with Gasteiger partial charge in [0.25, 0.3) is 0 Å². The average molecular weight is 356 g/mol. The fraction of sp³-hybridized carbons (Fsp3) is 0.636. The Kier molecular flexibility index (Phi) is 4.76. The highest BCUT2D eigenvalue weighted by molar-refractivity contribution is 5.93. The second kappa shape index (κ2) is 7.05. The van der Waals surface area contributed by atoms with Crippen LogP contribution in [-0.2, 0) is 9.47 Å². The molecule has 0 radical (unpaired) electrons. The van der Waals surface area contributed by atoms with Gasteiger partial charge in [-0.15, -0.1) is 0 Å². The normalized spacial score (nSPS) is 31.9. The smallest absolute Gasteiger partial charge is 0.338 e. The van der Waals surface area contributed by atoms with Crippen molar-refractivity contribution in [2.45, 2.75) is 52.1 Å². The van der Waals surface area contributed by atoms with E-state index in [2.05, 4.69) is 0 Å². The number of benzene rings is 1. The van der Waals surface area contributed by atoms with Crippen molar-refractivity contribution < 1.29 is 19.1 Å². The fourth-order valence-electron chi connectivity index (χ4n) is 5.33. The first-order chi connectivity index (χ1) is 12.5. The van der Waals surface area contributed by atoms with Gasteiger partial charge in [0.05, 0.1) is 17.7 Å². The molecule has 0 amide bonds. The van der Waals surface area contributed by atoms with Gasteiger partial charge in [-0.1, -0.05) is 13.8 Å². The van der Waals surface area contributed by atoms with Crippen LogP contribution < -0.4 is 0 Å². The molecule has 4 heteroatoms. The van der Waals surface area contributed by atoms with Crippen LogP contribution in [0.5, 0.6) is 0 Å². The molecule has 0 N–H and O–H groups in total. The number of esters is 2. The third-order valence-electron chi connectivity index (χ3n) is 6.29. The minimum absolute atomic E-state index is 0.0889. The molecule has 0 aliphatic heterocycles. The predicted molar refractivity (Wildman–Crippen MR) is 97.8 cm³/mol. The summed E-state index contributed by atoms with van der Waals surface area (Å²) < 4.78 is 11.2. The molecule has 4 bridgehead atoms. The van der Waals surface area contributed by atoms with E-state index < -0.39 is 0 Å². The van der Waals surface area contributed by atoms with Gasteiger partial charge in [0.15, 0.2) is 0 Å². The minimum Gasteiger partial charge on any atom is -0.462 e. The standard InChI is InChI=1S/C22H28O4/c1-13(2)12-25-21(23)16-3-5-17(6-4-16)22(24)26-20-18-8-14-7-15(10-18)11-19(20)9-14/h3-6,13-15,18-20H,7-12H2,1-2H3. The maximum Gasteiger partial charge on any atom is 0.338 e. The van der Waals surface area contributed by atoms with Gasteiger partial charge in [0, 0.05) is 0 Å². The zero-order chi connectivity index (χ0) is 18.3. The largest absolute Gasteiger partial charge is 0.462 e. The maximum absolute atomic E-state index is 12.6. The van der Waals surface area contributed by atoms with Gasteiger partial charge in [-0.25, -0.2) is 9.59 Å². The molecule has 4 aliphatic rings. The van der Waals surface area contributed by atoms with Crippen molar-refractivity contribution in [3.05, 3.63) is 35.4 Å². The molecule has 0 saturated heterocycles. The molecular formula is C22H28O4. The Hall–Kier alpha value is -1.84. The SMILES string of the molecule is CC(C)COC(=O)c1ccc(C(=O)OC2C3CC4CC(C3)CC2C4)cc1. The van der Waals surface area contributed by atoms with Gasteiger partial charge in [-0.05, 0) is 86.0 Å². The Morgan fingerprint density at radius 3 is 1.88 bits per heavy atom. The average Bonchev–Trinajstić information content (AvgIpc) is 2.62. The molecule has 26 heavy (non-hydrogen) atoms.